The SMILES string of the molecule is C#CC(/C=C(\C)C(C)=NCC(=C)N)CCC(C/C=C\C)NC(=C)/C(C)=C/C(=NC(=C)C)C(=C)NCc1ccc(F)c(NC2=C(S)C(=C)C2=O)c1. The first-order valence-corrected chi connectivity index (χ1v) is 16.8. The zero-order valence-electron chi connectivity index (χ0n) is 30.0. The molecule has 0 spiro atoms. The quantitative estimate of drug-likeness (QED) is 0.0236. The van der Waals surface area contributed by atoms with Crippen molar-refractivity contribution in [3.63, 3.8) is 0 Å². The molecule has 2 atom stereocenters. The number of thiol groups is 1. The van der Waals surface area contributed by atoms with Crippen molar-refractivity contribution in [2.45, 2.75) is 66.5 Å². The van der Waals surface area contributed by atoms with Gasteiger partial charge in [-0.25, -0.2) is 4.39 Å². The van der Waals surface area contributed by atoms with Crippen LogP contribution in [0, 0.1) is 24.1 Å². The van der Waals surface area contributed by atoms with Crippen LogP contribution in [0.15, 0.2) is 135 Å². The van der Waals surface area contributed by atoms with Crippen molar-refractivity contribution in [1.29, 1.82) is 0 Å². The topological polar surface area (TPSA) is 104 Å². The van der Waals surface area contributed by atoms with Gasteiger partial charge in [0, 0.05) is 51.8 Å². The second-order valence-electron chi connectivity index (χ2n) is 12.2. The van der Waals surface area contributed by atoms with Gasteiger partial charge in [-0.05, 0) is 88.8 Å². The predicted octanol–water partition coefficient (Wildman–Crippen LogP) is 8.39. The van der Waals surface area contributed by atoms with E-state index in [1.165, 1.54) is 6.07 Å². The average molecular weight is 695 g/mol. The molecule has 1 aliphatic carbocycles. The number of nitrogens with one attached hydrogen (secondary N) is 3. The number of allylic oxidation sites excluding steroid dienone is 8. The molecule has 264 valence electrons. The number of ketones is 1. The predicted molar refractivity (Wildman–Crippen MR) is 214 cm³/mol. The molecule has 1 aromatic rings. The van der Waals surface area contributed by atoms with Crippen LogP contribution in [0.5, 0.6) is 0 Å². The lowest BCUT2D eigenvalue weighted by Crippen LogP contribution is -2.29. The molecule has 0 aliphatic heterocycles. The van der Waals surface area contributed by atoms with Crippen molar-refractivity contribution in [3.05, 3.63) is 137 Å². The standard InChI is InChI=1S/C41H51FN6OS/c1-12-14-15-35(18-16-33(13-2)20-26(5)30(9)44-23-28(7)43)47-31(10)27(6)21-37(46-25(3)4)32(11)45-24-34-17-19-36(42)38(22-34)48-39-40(49)29(8)41(39)50/h2,12,14,17,19-22,33,35,45,47-48,50H,3,7-8,10-11,15-16,18,23-24,43H2,1,4-6,9H3/b14-12-,26-20+,27-21+,44-30?,46-37?. The summed E-state index contributed by atoms with van der Waals surface area (Å²) >= 11 is 4.26. The van der Waals surface area contributed by atoms with Crippen molar-refractivity contribution in [1.82, 2.24) is 10.6 Å². The number of carbonyl (C=O) groups excluding carboxylic acids is 1. The van der Waals surface area contributed by atoms with E-state index in [4.69, 9.17) is 12.2 Å². The van der Waals surface area contributed by atoms with Gasteiger partial charge in [0.25, 0.3) is 0 Å². The number of hydrogen-bond donors (Lipinski definition) is 5. The molecule has 50 heavy (non-hydrogen) atoms. The van der Waals surface area contributed by atoms with Crippen LogP contribution in [-0.2, 0) is 11.3 Å². The number of anilines is 1. The van der Waals surface area contributed by atoms with Crippen molar-refractivity contribution in [2.75, 3.05) is 11.9 Å². The third-order valence-electron chi connectivity index (χ3n) is 7.89. The summed E-state index contributed by atoms with van der Waals surface area (Å²) in [7, 11) is 0. The van der Waals surface area contributed by atoms with E-state index in [1.54, 1.807) is 19.1 Å². The van der Waals surface area contributed by atoms with Gasteiger partial charge in [-0.2, -0.15) is 0 Å². The van der Waals surface area contributed by atoms with E-state index in [0.717, 1.165) is 47.4 Å². The summed E-state index contributed by atoms with van der Waals surface area (Å²) in [5.41, 5.74) is 12.9. The number of halogens is 1. The first-order chi connectivity index (χ1) is 23.6. The number of terminal acetylenes is 1. The van der Waals surface area contributed by atoms with Gasteiger partial charge in [-0.3, -0.25) is 14.8 Å². The average Bonchev–Trinajstić information content (AvgIpc) is 3.08. The molecule has 0 saturated carbocycles. The molecule has 0 saturated heterocycles. The van der Waals surface area contributed by atoms with Crippen molar-refractivity contribution in [3.8, 4) is 12.3 Å². The lowest BCUT2D eigenvalue weighted by molar-refractivity contribution is -0.112. The lowest BCUT2D eigenvalue weighted by atomic mass is 9.95. The van der Waals surface area contributed by atoms with Gasteiger partial charge in [0.05, 0.1) is 23.6 Å². The molecule has 7 nitrogen and oxygen atoms in total. The summed E-state index contributed by atoms with van der Waals surface area (Å²) in [6.45, 7) is 30.2. The third-order valence-corrected chi connectivity index (χ3v) is 8.38. The zero-order chi connectivity index (χ0) is 37.5. The Morgan fingerprint density at radius 1 is 1.12 bits per heavy atom. The van der Waals surface area contributed by atoms with E-state index < -0.39 is 5.82 Å². The Labute approximate surface area is 303 Å². The van der Waals surface area contributed by atoms with Crippen LogP contribution in [-0.4, -0.2) is 29.8 Å². The molecule has 1 aliphatic rings. The molecule has 2 rings (SSSR count). The highest BCUT2D eigenvalue weighted by Gasteiger charge is 2.30. The number of aliphatic imine (C=N–C) groups is 2. The number of carbonyl (C=O) groups is 1. The van der Waals surface area contributed by atoms with Gasteiger partial charge in [0.1, 0.15) is 11.5 Å². The molecule has 0 amide bonds. The normalized spacial score (nSPS) is 15.3. The molecule has 1 aromatic carbocycles. The monoisotopic (exact) mass is 694 g/mol. The molecule has 0 aromatic heterocycles. The Balaban J connectivity index is 2.15. The van der Waals surface area contributed by atoms with Crippen LogP contribution in [0.2, 0.25) is 0 Å². The van der Waals surface area contributed by atoms with Gasteiger partial charge in [-0.1, -0.05) is 63.1 Å². The Hall–Kier alpha value is -5.07. The van der Waals surface area contributed by atoms with Gasteiger partial charge in [0.2, 0.25) is 5.78 Å². The highest BCUT2D eigenvalue weighted by Crippen LogP contribution is 2.33. The van der Waals surface area contributed by atoms with E-state index in [2.05, 4.69) is 89.5 Å². The smallest absolute Gasteiger partial charge is 0.210 e. The van der Waals surface area contributed by atoms with Crippen LogP contribution < -0.4 is 21.7 Å². The summed E-state index contributed by atoms with van der Waals surface area (Å²) in [6.07, 6.45) is 16.4. The summed E-state index contributed by atoms with van der Waals surface area (Å²) in [5.74, 6) is 2.07. The molecule has 0 heterocycles. The van der Waals surface area contributed by atoms with E-state index in [0.29, 0.717) is 46.4 Å². The van der Waals surface area contributed by atoms with Gasteiger partial charge < -0.3 is 21.7 Å². The summed E-state index contributed by atoms with van der Waals surface area (Å²) in [4.78, 5) is 21.6. The summed E-state index contributed by atoms with van der Waals surface area (Å²) < 4.78 is 14.6. The van der Waals surface area contributed by atoms with Crippen molar-refractivity contribution in [2.24, 2.45) is 21.6 Å². The maximum Gasteiger partial charge on any atom is 0.210 e. The number of rotatable bonds is 20. The maximum atomic E-state index is 14.6. The third kappa shape index (κ3) is 12.8. The van der Waals surface area contributed by atoms with Crippen LogP contribution in [0.3, 0.4) is 0 Å². The van der Waals surface area contributed by atoms with E-state index >= 15 is 0 Å². The molecule has 0 bridgehead atoms. The Bertz CT molecular complexity index is 1760. The minimum atomic E-state index is -0.496. The van der Waals surface area contributed by atoms with E-state index in [1.807, 2.05) is 39.8 Å². The van der Waals surface area contributed by atoms with Gasteiger partial charge >= 0.3 is 0 Å². The highest BCUT2D eigenvalue weighted by molar-refractivity contribution is 7.85. The van der Waals surface area contributed by atoms with Crippen LogP contribution in [0.1, 0.15) is 59.4 Å². The largest absolute Gasteiger partial charge is 0.401 e. The van der Waals surface area contributed by atoms with Gasteiger partial charge in [0.15, 0.2) is 0 Å². The lowest BCUT2D eigenvalue weighted by Gasteiger charge is -2.23. The second kappa shape index (κ2) is 19.8. The Morgan fingerprint density at radius 2 is 1.82 bits per heavy atom. The summed E-state index contributed by atoms with van der Waals surface area (Å²) in [6, 6.07) is 4.71. The molecular weight excluding hydrogens is 644 g/mol. The van der Waals surface area contributed by atoms with E-state index in [9.17, 15) is 9.18 Å². The molecule has 5 N–H and O–H groups in total. The number of nitrogens with zero attached hydrogens (tertiary/aromatic N) is 2. The second-order valence-corrected chi connectivity index (χ2v) is 12.7. The van der Waals surface area contributed by atoms with Gasteiger partial charge in [-0.15, -0.1) is 19.1 Å². The van der Waals surface area contributed by atoms with Crippen LogP contribution in [0.25, 0.3) is 0 Å². The fraction of sp³-hybridized carbons (Fsp3) is 0.293. The minimum Gasteiger partial charge on any atom is -0.401 e. The first kappa shape index (κ1) is 41.1. The molecule has 2 unspecified atom stereocenters. The fourth-order valence-corrected chi connectivity index (χ4v) is 5.00. The van der Waals surface area contributed by atoms with E-state index in [-0.39, 0.29) is 29.1 Å². The zero-order valence-corrected chi connectivity index (χ0v) is 30.9. The number of Topliss-reactive ketones (excluding diaryl/α,β-unsaturated/α-hetero) is 1. The Morgan fingerprint density at radius 3 is 2.42 bits per heavy atom. The highest BCUT2D eigenvalue weighted by atomic mass is 32.1. The molecule has 0 radical (unpaired) electrons. The fourth-order valence-electron chi connectivity index (χ4n) is 4.74. The summed E-state index contributed by atoms with van der Waals surface area (Å²) in [5, 5.41) is 9.69. The number of hydrogen-bond acceptors (Lipinski definition) is 8. The number of benzene rings is 1. The van der Waals surface area contributed by atoms with Crippen molar-refractivity contribution < 1.29 is 9.18 Å². The molecule has 9 heteroatoms. The molecule has 0 fully saturated rings. The molecular formula is C41H51FN6OS. The van der Waals surface area contributed by atoms with Crippen LogP contribution >= 0.6 is 12.6 Å². The van der Waals surface area contributed by atoms with Crippen LogP contribution in [0.4, 0.5) is 10.1 Å². The first-order valence-electron chi connectivity index (χ1n) is 16.3. The maximum absolute atomic E-state index is 14.6. The number of nitrogens with two attached hydrogens (primary N) is 1. The van der Waals surface area contributed by atoms with Crippen molar-refractivity contribution >= 4 is 35.5 Å². The minimum absolute atomic E-state index is 0.0593. The Kier molecular flexibility index (Phi) is 16.3.